The largest absolute Gasteiger partial charge is 0.396 e. The van der Waals surface area contributed by atoms with Crippen molar-refractivity contribution < 1.29 is 0 Å². The summed E-state index contributed by atoms with van der Waals surface area (Å²) in [5.74, 6) is 0. The first-order valence-corrected chi connectivity index (χ1v) is 6.74. The van der Waals surface area contributed by atoms with E-state index in [1.54, 1.807) is 0 Å². The molecule has 0 radical (unpaired) electrons. The molecule has 4 heteroatoms. The normalized spacial score (nSPS) is 10.5. The Bertz CT molecular complexity index is 556. The Hall–Kier alpha value is -1.38. The zero-order chi connectivity index (χ0) is 14.0. The number of rotatable bonds is 3. The summed E-state index contributed by atoms with van der Waals surface area (Å²) in [5, 5.41) is 1.000. The van der Waals surface area contributed by atoms with Gasteiger partial charge in [-0.05, 0) is 36.8 Å². The summed E-state index contributed by atoms with van der Waals surface area (Å²) in [6.45, 7) is 2.80. The minimum Gasteiger partial charge on any atom is -0.396 e. The minimum atomic E-state index is 0.435. The van der Waals surface area contributed by atoms with E-state index in [4.69, 9.17) is 28.9 Å². The summed E-state index contributed by atoms with van der Waals surface area (Å²) in [6.07, 6.45) is 0. The maximum absolute atomic E-state index is 6.04. The summed E-state index contributed by atoms with van der Waals surface area (Å²) in [6, 6.07) is 12.1. The van der Waals surface area contributed by atoms with E-state index in [1.807, 2.05) is 19.2 Å². The van der Waals surface area contributed by atoms with Gasteiger partial charge in [0.1, 0.15) is 0 Å². The standard InChI is InChI=1S/C15H16Cl2N2/c1-10-3-5-12(6-4-10)19(2)9-11-7-13(16)15(18)14(17)8-11/h3-8H,9,18H2,1-2H3. The monoisotopic (exact) mass is 294 g/mol. The molecule has 0 aromatic heterocycles. The quantitative estimate of drug-likeness (QED) is 0.843. The second kappa shape index (κ2) is 5.72. The molecule has 0 unspecified atom stereocenters. The molecule has 2 N–H and O–H groups in total. The lowest BCUT2D eigenvalue weighted by molar-refractivity contribution is 0.923. The van der Waals surface area contributed by atoms with E-state index >= 15 is 0 Å². The maximum Gasteiger partial charge on any atom is 0.0693 e. The highest BCUT2D eigenvalue weighted by Gasteiger charge is 2.07. The van der Waals surface area contributed by atoms with E-state index in [0.29, 0.717) is 15.7 Å². The molecular formula is C15H16Cl2N2. The maximum atomic E-state index is 6.04. The predicted molar refractivity (Wildman–Crippen MR) is 84.2 cm³/mol. The van der Waals surface area contributed by atoms with E-state index in [-0.39, 0.29) is 0 Å². The fourth-order valence-corrected chi connectivity index (χ4v) is 2.42. The van der Waals surface area contributed by atoms with Crippen LogP contribution in [0, 0.1) is 6.92 Å². The minimum absolute atomic E-state index is 0.435. The third-order valence-electron chi connectivity index (χ3n) is 3.03. The molecule has 0 amide bonds. The number of hydrogen-bond donors (Lipinski definition) is 1. The van der Waals surface area contributed by atoms with Crippen molar-refractivity contribution in [1.82, 2.24) is 0 Å². The van der Waals surface area contributed by atoms with Crippen molar-refractivity contribution in [2.45, 2.75) is 13.5 Å². The number of halogens is 2. The summed E-state index contributed by atoms with van der Waals surface area (Å²) < 4.78 is 0. The summed E-state index contributed by atoms with van der Waals surface area (Å²) in [5.41, 5.74) is 9.60. The smallest absolute Gasteiger partial charge is 0.0693 e. The number of aryl methyl sites for hydroxylation is 1. The average molecular weight is 295 g/mol. The van der Waals surface area contributed by atoms with Crippen LogP contribution in [0.15, 0.2) is 36.4 Å². The Kier molecular flexibility index (Phi) is 4.23. The Morgan fingerprint density at radius 2 is 1.58 bits per heavy atom. The van der Waals surface area contributed by atoms with E-state index in [1.165, 1.54) is 5.56 Å². The molecule has 19 heavy (non-hydrogen) atoms. The van der Waals surface area contributed by atoms with Crippen molar-refractivity contribution in [2.75, 3.05) is 17.7 Å². The van der Waals surface area contributed by atoms with Crippen LogP contribution in [0.3, 0.4) is 0 Å². The highest BCUT2D eigenvalue weighted by Crippen LogP contribution is 2.29. The summed E-state index contributed by atoms with van der Waals surface area (Å²) >= 11 is 12.1. The molecule has 0 saturated heterocycles. The lowest BCUT2D eigenvalue weighted by Crippen LogP contribution is -2.16. The first kappa shape index (κ1) is 14.0. The third-order valence-corrected chi connectivity index (χ3v) is 3.66. The molecule has 0 aliphatic rings. The molecular weight excluding hydrogens is 279 g/mol. The molecule has 2 nitrogen and oxygen atoms in total. The molecule has 0 atom stereocenters. The molecule has 0 saturated carbocycles. The molecule has 100 valence electrons. The molecule has 2 aromatic carbocycles. The van der Waals surface area contributed by atoms with Gasteiger partial charge in [-0.1, -0.05) is 40.9 Å². The lowest BCUT2D eigenvalue weighted by Gasteiger charge is -2.20. The van der Waals surface area contributed by atoms with E-state index in [2.05, 4.69) is 36.1 Å². The van der Waals surface area contributed by atoms with E-state index < -0.39 is 0 Å². The highest BCUT2D eigenvalue weighted by atomic mass is 35.5. The molecule has 0 heterocycles. The number of nitrogens with zero attached hydrogens (tertiary/aromatic N) is 1. The average Bonchev–Trinajstić information content (AvgIpc) is 2.36. The van der Waals surface area contributed by atoms with Gasteiger partial charge in [-0.25, -0.2) is 0 Å². The van der Waals surface area contributed by atoms with Crippen LogP contribution >= 0.6 is 23.2 Å². The van der Waals surface area contributed by atoms with Crippen molar-refractivity contribution in [1.29, 1.82) is 0 Å². The zero-order valence-electron chi connectivity index (χ0n) is 11.0. The van der Waals surface area contributed by atoms with E-state index in [9.17, 15) is 0 Å². The predicted octanol–water partition coefficient (Wildman–Crippen LogP) is 4.52. The van der Waals surface area contributed by atoms with Gasteiger partial charge < -0.3 is 10.6 Å². The topological polar surface area (TPSA) is 29.3 Å². The van der Waals surface area contributed by atoms with Crippen LogP contribution in [0.2, 0.25) is 10.0 Å². The van der Waals surface area contributed by atoms with E-state index in [0.717, 1.165) is 17.8 Å². The number of nitrogen functional groups attached to an aromatic ring is 1. The van der Waals surface area contributed by atoms with Gasteiger partial charge in [0.15, 0.2) is 0 Å². The van der Waals surface area contributed by atoms with Crippen molar-refractivity contribution in [3.05, 3.63) is 57.6 Å². The first-order chi connectivity index (χ1) is 8.97. The molecule has 2 aromatic rings. The van der Waals surface area contributed by atoms with Crippen molar-refractivity contribution >= 4 is 34.6 Å². The highest BCUT2D eigenvalue weighted by molar-refractivity contribution is 6.38. The van der Waals surface area contributed by atoms with Gasteiger partial charge in [-0.2, -0.15) is 0 Å². The number of nitrogens with two attached hydrogens (primary N) is 1. The molecule has 0 fully saturated rings. The first-order valence-electron chi connectivity index (χ1n) is 5.98. The van der Waals surface area contributed by atoms with Crippen LogP contribution in [0.1, 0.15) is 11.1 Å². The fourth-order valence-electron chi connectivity index (χ4n) is 1.89. The number of hydrogen-bond acceptors (Lipinski definition) is 2. The van der Waals surface area contributed by atoms with Crippen molar-refractivity contribution in [3.63, 3.8) is 0 Å². The molecule has 0 spiro atoms. The Morgan fingerprint density at radius 3 is 2.11 bits per heavy atom. The van der Waals surface area contributed by atoms with Gasteiger partial charge in [-0.3, -0.25) is 0 Å². The van der Waals surface area contributed by atoms with Crippen LogP contribution < -0.4 is 10.6 Å². The van der Waals surface area contributed by atoms with Crippen LogP contribution in [0.25, 0.3) is 0 Å². The van der Waals surface area contributed by atoms with Crippen LogP contribution in [-0.4, -0.2) is 7.05 Å². The fraction of sp³-hybridized carbons (Fsp3) is 0.200. The SMILES string of the molecule is Cc1ccc(N(C)Cc2cc(Cl)c(N)c(Cl)c2)cc1. The van der Waals surface area contributed by atoms with Crippen molar-refractivity contribution in [2.24, 2.45) is 0 Å². The third kappa shape index (κ3) is 3.34. The molecule has 0 aliphatic heterocycles. The molecule has 0 bridgehead atoms. The van der Waals surface area contributed by atoms with Crippen LogP contribution in [-0.2, 0) is 6.54 Å². The molecule has 0 aliphatic carbocycles. The Balaban J connectivity index is 2.19. The number of benzene rings is 2. The summed E-state index contributed by atoms with van der Waals surface area (Å²) in [4.78, 5) is 2.14. The van der Waals surface area contributed by atoms with Gasteiger partial charge in [0.2, 0.25) is 0 Å². The zero-order valence-corrected chi connectivity index (χ0v) is 12.5. The van der Waals surface area contributed by atoms with Gasteiger partial charge >= 0.3 is 0 Å². The van der Waals surface area contributed by atoms with Gasteiger partial charge in [0.05, 0.1) is 15.7 Å². The summed E-state index contributed by atoms with van der Waals surface area (Å²) in [7, 11) is 2.03. The second-order valence-corrected chi connectivity index (χ2v) is 5.48. The van der Waals surface area contributed by atoms with Gasteiger partial charge in [-0.15, -0.1) is 0 Å². The molecule has 2 rings (SSSR count). The number of anilines is 2. The van der Waals surface area contributed by atoms with Gasteiger partial charge in [0, 0.05) is 19.3 Å². The lowest BCUT2D eigenvalue weighted by atomic mass is 10.1. The van der Waals surface area contributed by atoms with Gasteiger partial charge in [0.25, 0.3) is 0 Å². The van der Waals surface area contributed by atoms with Crippen molar-refractivity contribution in [3.8, 4) is 0 Å². The van der Waals surface area contributed by atoms with Crippen LogP contribution in [0.4, 0.5) is 11.4 Å². The Morgan fingerprint density at radius 1 is 1.05 bits per heavy atom. The second-order valence-electron chi connectivity index (χ2n) is 4.66. The Labute approximate surface area is 123 Å². The van der Waals surface area contributed by atoms with Crippen LogP contribution in [0.5, 0.6) is 0 Å².